The summed E-state index contributed by atoms with van der Waals surface area (Å²) in [4.78, 5) is 23.7. The van der Waals surface area contributed by atoms with Crippen LogP contribution < -0.4 is 21.1 Å². The van der Waals surface area contributed by atoms with Gasteiger partial charge in [0.2, 0.25) is 11.8 Å². The van der Waals surface area contributed by atoms with E-state index in [9.17, 15) is 14.0 Å². The minimum atomic E-state index is -0.635. The Morgan fingerprint density at radius 1 is 1.11 bits per heavy atom. The standard InChI is InChI=1S/C21H26FN3O3/c1-13(2)20(23)21(27)25-12-19(26)24-11-15-4-9-18(14(3)10-15)28-17-7-5-16(22)6-8-17/h4-10,13,20H,11-12,23H2,1-3H3,(H,24,26)(H,25,27)/t20-/m0/s1. The van der Waals surface area contributed by atoms with Crippen LogP contribution in [-0.4, -0.2) is 24.4 Å². The lowest BCUT2D eigenvalue weighted by atomic mass is 10.1. The smallest absolute Gasteiger partial charge is 0.239 e. The van der Waals surface area contributed by atoms with Gasteiger partial charge in [-0.2, -0.15) is 0 Å². The van der Waals surface area contributed by atoms with E-state index < -0.39 is 6.04 Å². The summed E-state index contributed by atoms with van der Waals surface area (Å²) in [5, 5.41) is 5.28. The number of halogens is 1. The predicted octanol–water partition coefficient (Wildman–Crippen LogP) is 2.64. The first-order valence-corrected chi connectivity index (χ1v) is 9.09. The van der Waals surface area contributed by atoms with Crippen LogP contribution in [0.2, 0.25) is 0 Å². The topological polar surface area (TPSA) is 93.5 Å². The van der Waals surface area contributed by atoms with Crippen LogP contribution in [0.1, 0.15) is 25.0 Å². The number of ether oxygens (including phenoxy) is 1. The Balaban J connectivity index is 1.84. The lowest BCUT2D eigenvalue weighted by Gasteiger charge is -2.15. The van der Waals surface area contributed by atoms with Crippen molar-refractivity contribution in [2.24, 2.45) is 11.7 Å². The molecule has 0 fully saturated rings. The number of carbonyl (C=O) groups excluding carboxylic acids is 2. The van der Waals surface area contributed by atoms with E-state index in [4.69, 9.17) is 10.5 Å². The molecule has 0 unspecified atom stereocenters. The van der Waals surface area contributed by atoms with Gasteiger partial charge >= 0.3 is 0 Å². The maximum Gasteiger partial charge on any atom is 0.239 e. The van der Waals surface area contributed by atoms with E-state index >= 15 is 0 Å². The van der Waals surface area contributed by atoms with Crippen LogP contribution >= 0.6 is 0 Å². The Kier molecular flexibility index (Phi) is 7.52. The van der Waals surface area contributed by atoms with Crippen molar-refractivity contribution in [2.75, 3.05) is 6.54 Å². The molecule has 4 N–H and O–H groups in total. The number of carbonyl (C=O) groups is 2. The molecule has 150 valence electrons. The fourth-order valence-corrected chi connectivity index (χ4v) is 2.42. The van der Waals surface area contributed by atoms with Gasteiger partial charge in [-0.1, -0.05) is 26.0 Å². The van der Waals surface area contributed by atoms with Crippen molar-refractivity contribution >= 4 is 11.8 Å². The maximum atomic E-state index is 13.0. The normalized spacial score (nSPS) is 11.8. The van der Waals surface area contributed by atoms with E-state index in [-0.39, 0.29) is 30.1 Å². The van der Waals surface area contributed by atoms with Crippen molar-refractivity contribution in [3.8, 4) is 11.5 Å². The summed E-state index contributed by atoms with van der Waals surface area (Å²) in [7, 11) is 0. The molecular weight excluding hydrogens is 361 g/mol. The van der Waals surface area contributed by atoms with Gasteiger partial charge < -0.3 is 21.1 Å². The van der Waals surface area contributed by atoms with E-state index in [0.29, 0.717) is 18.0 Å². The first-order chi connectivity index (χ1) is 13.3. The highest BCUT2D eigenvalue weighted by atomic mass is 19.1. The molecular formula is C21H26FN3O3. The molecule has 0 spiro atoms. The highest BCUT2D eigenvalue weighted by molar-refractivity contribution is 5.87. The van der Waals surface area contributed by atoms with Gasteiger partial charge in [-0.05, 0) is 54.3 Å². The van der Waals surface area contributed by atoms with Crippen molar-refractivity contribution in [2.45, 2.75) is 33.4 Å². The van der Waals surface area contributed by atoms with Crippen molar-refractivity contribution in [3.05, 3.63) is 59.4 Å². The van der Waals surface area contributed by atoms with Crippen molar-refractivity contribution in [1.29, 1.82) is 0 Å². The van der Waals surface area contributed by atoms with E-state index in [0.717, 1.165) is 11.1 Å². The number of nitrogens with two attached hydrogens (primary N) is 1. The third kappa shape index (κ3) is 6.35. The van der Waals surface area contributed by atoms with E-state index in [2.05, 4.69) is 10.6 Å². The van der Waals surface area contributed by atoms with Gasteiger partial charge in [-0.25, -0.2) is 4.39 Å². The van der Waals surface area contributed by atoms with Gasteiger partial charge in [0.05, 0.1) is 12.6 Å². The summed E-state index contributed by atoms with van der Waals surface area (Å²) < 4.78 is 18.7. The van der Waals surface area contributed by atoms with Gasteiger partial charge in [0.15, 0.2) is 0 Å². The van der Waals surface area contributed by atoms with Crippen LogP contribution in [0.3, 0.4) is 0 Å². The average molecular weight is 387 g/mol. The lowest BCUT2D eigenvalue weighted by molar-refractivity contribution is -0.127. The molecule has 0 saturated heterocycles. The highest BCUT2D eigenvalue weighted by Crippen LogP contribution is 2.25. The summed E-state index contributed by atoms with van der Waals surface area (Å²) in [5.41, 5.74) is 7.50. The summed E-state index contributed by atoms with van der Waals surface area (Å²) in [6, 6.07) is 10.7. The summed E-state index contributed by atoms with van der Waals surface area (Å²) in [6.07, 6.45) is 0. The molecule has 28 heavy (non-hydrogen) atoms. The Hall–Kier alpha value is -2.93. The van der Waals surface area contributed by atoms with Crippen LogP contribution in [0.15, 0.2) is 42.5 Å². The second-order valence-corrected chi connectivity index (χ2v) is 6.92. The van der Waals surface area contributed by atoms with Crippen molar-refractivity contribution in [3.63, 3.8) is 0 Å². The highest BCUT2D eigenvalue weighted by Gasteiger charge is 2.17. The number of hydrogen-bond acceptors (Lipinski definition) is 4. The molecule has 0 heterocycles. The minimum absolute atomic E-state index is 0.00156. The van der Waals surface area contributed by atoms with Gasteiger partial charge in [0.1, 0.15) is 17.3 Å². The molecule has 0 aliphatic carbocycles. The number of amides is 2. The quantitative estimate of drug-likeness (QED) is 0.649. The summed E-state index contributed by atoms with van der Waals surface area (Å²) in [5.74, 6) is 0.230. The molecule has 0 aromatic heterocycles. The fraction of sp³-hybridized carbons (Fsp3) is 0.333. The average Bonchev–Trinajstić information content (AvgIpc) is 2.67. The van der Waals surface area contributed by atoms with Gasteiger partial charge in [-0.3, -0.25) is 9.59 Å². The number of rotatable bonds is 8. The van der Waals surface area contributed by atoms with Crippen LogP contribution in [0.25, 0.3) is 0 Å². The molecule has 0 radical (unpaired) electrons. The Morgan fingerprint density at radius 3 is 2.39 bits per heavy atom. The molecule has 2 rings (SSSR count). The van der Waals surface area contributed by atoms with E-state index in [1.165, 1.54) is 12.1 Å². The molecule has 0 aliphatic rings. The molecule has 0 saturated carbocycles. The predicted molar refractivity (Wildman–Crippen MR) is 105 cm³/mol. The van der Waals surface area contributed by atoms with Gasteiger partial charge in [0, 0.05) is 6.54 Å². The first kappa shape index (κ1) is 21.4. The zero-order valence-corrected chi connectivity index (χ0v) is 16.3. The minimum Gasteiger partial charge on any atom is -0.457 e. The molecule has 2 amide bonds. The fourth-order valence-electron chi connectivity index (χ4n) is 2.42. The third-order valence-corrected chi connectivity index (χ3v) is 4.21. The molecule has 2 aromatic carbocycles. The molecule has 0 aliphatic heterocycles. The number of aryl methyl sites for hydroxylation is 1. The number of hydrogen-bond donors (Lipinski definition) is 3. The van der Waals surface area contributed by atoms with Crippen molar-refractivity contribution < 1.29 is 18.7 Å². The molecule has 6 nitrogen and oxygen atoms in total. The zero-order chi connectivity index (χ0) is 20.7. The molecule has 7 heteroatoms. The van der Waals surface area contributed by atoms with Crippen molar-refractivity contribution in [1.82, 2.24) is 10.6 Å². The van der Waals surface area contributed by atoms with Crippen LogP contribution in [0.4, 0.5) is 4.39 Å². The largest absolute Gasteiger partial charge is 0.457 e. The van der Waals surface area contributed by atoms with Gasteiger partial charge in [-0.15, -0.1) is 0 Å². The molecule has 1 atom stereocenters. The second kappa shape index (κ2) is 9.85. The Bertz CT molecular complexity index is 822. The molecule has 0 bridgehead atoms. The van der Waals surface area contributed by atoms with Crippen LogP contribution in [0, 0.1) is 18.7 Å². The monoisotopic (exact) mass is 387 g/mol. The first-order valence-electron chi connectivity index (χ1n) is 9.09. The van der Waals surface area contributed by atoms with Crippen LogP contribution in [-0.2, 0) is 16.1 Å². The lowest BCUT2D eigenvalue weighted by Crippen LogP contribution is -2.47. The number of benzene rings is 2. The molecule has 2 aromatic rings. The van der Waals surface area contributed by atoms with E-state index in [1.54, 1.807) is 18.2 Å². The SMILES string of the molecule is Cc1cc(CNC(=O)CNC(=O)[C@@H](N)C(C)C)ccc1Oc1ccc(F)cc1. The number of nitrogens with one attached hydrogen (secondary N) is 2. The second-order valence-electron chi connectivity index (χ2n) is 6.92. The zero-order valence-electron chi connectivity index (χ0n) is 16.3. The van der Waals surface area contributed by atoms with Crippen LogP contribution in [0.5, 0.6) is 11.5 Å². The third-order valence-electron chi connectivity index (χ3n) is 4.21. The Morgan fingerprint density at radius 2 is 1.79 bits per heavy atom. The Labute approximate surface area is 164 Å². The maximum absolute atomic E-state index is 13.0. The van der Waals surface area contributed by atoms with Gasteiger partial charge in [0.25, 0.3) is 0 Å². The summed E-state index contributed by atoms with van der Waals surface area (Å²) >= 11 is 0. The van der Waals surface area contributed by atoms with E-state index in [1.807, 2.05) is 32.9 Å². The summed E-state index contributed by atoms with van der Waals surface area (Å²) in [6.45, 7) is 5.77.